The van der Waals surface area contributed by atoms with Crippen LogP contribution in [0.1, 0.15) is 45.4 Å². The lowest BCUT2D eigenvalue weighted by atomic mass is 9.60. The van der Waals surface area contributed by atoms with Crippen LogP contribution < -0.4 is 21.3 Å². The van der Waals surface area contributed by atoms with Gasteiger partial charge in [-0.1, -0.05) is 13.3 Å². The molecule has 176 valence electrons. The standard InChI is InChI=1S/C22H35F3N4O2/c1-12-17(14-3-2-4-16-15(14)6-8-28-20(16)30)10-26-11-18(12)21(31)29-13-5-7-27-19(9-13)22(23,24)25/h12-19,26-27H,2-11H2,1H3,(H,28,30)(H,29,31). The van der Waals surface area contributed by atoms with Gasteiger partial charge in [-0.25, -0.2) is 0 Å². The third-order valence-electron chi connectivity index (χ3n) is 8.32. The molecule has 3 heterocycles. The van der Waals surface area contributed by atoms with E-state index in [4.69, 9.17) is 0 Å². The first-order chi connectivity index (χ1) is 14.8. The van der Waals surface area contributed by atoms with Crippen molar-refractivity contribution in [3.05, 3.63) is 0 Å². The number of rotatable bonds is 3. The van der Waals surface area contributed by atoms with E-state index in [2.05, 4.69) is 28.2 Å². The third kappa shape index (κ3) is 4.87. The molecule has 0 spiro atoms. The minimum atomic E-state index is -4.29. The normalized spacial score (nSPS) is 41.7. The summed E-state index contributed by atoms with van der Waals surface area (Å²) in [5.41, 5.74) is 0. The summed E-state index contributed by atoms with van der Waals surface area (Å²) in [5, 5.41) is 11.8. The van der Waals surface area contributed by atoms with Gasteiger partial charge < -0.3 is 21.3 Å². The molecule has 9 heteroatoms. The van der Waals surface area contributed by atoms with Crippen LogP contribution in [0, 0.1) is 35.5 Å². The molecule has 0 radical (unpaired) electrons. The number of halogens is 3. The monoisotopic (exact) mass is 444 g/mol. The molecule has 4 aliphatic rings. The van der Waals surface area contributed by atoms with Crippen molar-refractivity contribution < 1.29 is 22.8 Å². The highest BCUT2D eigenvalue weighted by atomic mass is 19.4. The average Bonchev–Trinajstić information content (AvgIpc) is 2.73. The van der Waals surface area contributed by atoms with Crippen LogP contribution in [0.3, 0.4) is 0 Å². The number of fused-ring (bicyclic) bond motifs is 1. The smallest absolute Gasteiger partial charge is 0.356 e. The molecule has 4 fully saturated rings. The lowest BCUT2D eigenvalue weighted by molar-refractivity contribution is -0.162. The minimum absolute atomic E-state index is 0.0861. The summed E-state index contributed by atoms with van der Waals surface area (Å²) in [6.07, 6.45) is 0.162. The van der Waals surface area contributed by atoms with E-state index in [1.54, 1.807) is 0 Å². The van der Waals surface area contributed by atoms with Crippen LogP contribution in [0.5, 0.6) is 0 Å². The molecule has 3 aliphatic heterocycles. The topological polar surface area (TPSA) is 82.3 Å². The molecule has 6 nitrogen and oxygen atoms in total. The van der Waals surface area contributed by atoms with Crippen molar-refractivity contribution in [2.24, 2.45) is 35.5 Å². The van der Waals surface area contributed by atoms with Crippen LogP contribution in [0.2, 0.25) is 0 Å². The summed E-state index contributed by atoms with van der Waals surface area (Å²) in [7, 11) is 0. The van der Waals surface area contributed by atoms with Crippen LogP contribution in [-0.4, -0.2) is 56.3 Å². The number of piperidine rings is 3. The van der Waals surface area contributed by atoms with Gasteiger partial charge in [-0.2, -0.15) is 13.2 Å². The zero-order chi connectivity index (χ0) is 22.2. The fraction of sp³-hybridized carbons (Fsp3) is 0.909. The molecule has 1 aliphatic carbocycles. The maximum absolute atomic E-state index is 13.1. The molecule has 0 aromatic heterocycles. The highest BCUT2D eigenvalue weighted by Gasteiger charge is 2.47. The summed E-state index contributed by atoms with van der Waals surface area (Å²) in [4.78, 5) is 25.4. The number of hydrogen-bond acceptors (Lipinski definition) is 4. The molecule has 0 bridgehead atoms. The van der Waals surface area contributed by atoms with Crippen LogP contribution in [0.15, 0.2) is 0 Å². The van der Waals surface area contributed by atoms with Crippen molar-refractivity contribution in [1.82, 2.24) is 21.3 Å². The largest absolute Gasteiger partial charge is 0.403 e. The molecule has 0 aromatic carbocycles. The Hall–Kier alpha value is -1.35. The Balaban J connectivity index is 1.39. The SMILES string of the molecule is CC1C(C(=O)NC2CCNC(C(F)(F)F)C2)CNCC1C1CCCC2C(=O)NCCC21. The Kier molecular flexibility index (Phi) is 6.82. The Bertz CT molecular complexity index is 674. The fourth-order valence-corrected chi connectivity index (χ4v) is 6.62. The predicted octanol–water partition coefficient (Wildman–Crippen LogP) is 1.81. The lowest BCUT2D eigenvalue weighted by Crippen LogP contribution is -2.57. The average molecular weight is 445 g/mol. The van der Waals surface area contributed by atoms with E-state index in [0.717, 1.165) is 38.8 Å². The molecule has 8 unspecified atom stereocenters. The van der Waals surface area contributed by atoms with E-state index in [1.807, 2.05) is 0 Å². The summed E-state index contributed by atoms with van der Waals surface area (Å²) in [6, 6.07) is -2.01. The maximum atomic E-state index is 13.1. The number of carbonyl (C=O) groups excluding carboxylic acids is 2. The molecule has 2 amide bonds. The van der Waals surface area contributed by atoms with Gasteiger partial charge in [0, 0.05) is 25.0 Å². The fourth-order valence-electron chi connectivity index (χ4n) is 6.62. The highest BCUT2D eigenvalue weighted by Crippen LogP contribution is 2.46. The minimum Gasteiger partial charge on any atom is -0.356 e. The summed E-state index contributed by atoms with van der Waals surface area (Å²) in [5.74, 6) is 1.10. The molecular weight excluding hydrogens is 409 g/mol. The lowest BCUT2D eigenvalue weighted by Gasteiger charge is -2.48. The Morgan fingerprint density at radius 2 is 1.84 bits per heavy atom. The Morgan fingerprint density at radius 1 is 1.03 bits per heavy atom. The number of hydrogen-bond donors (Lipinski definition) is 4. The van der Waals surface area contributed by atoms with E-state index in [1.165, 1.54) is 0 Å². The van der Waals surface area contributed by atoms with Crippen LogP contribution >= 0.6 is 0 Å². The summed E-state index contributed by atoms with van der Waals surface area (Å²) < 4.78 is 39.2. The molecule has 8 atom stereocenters. The first-order valence-electron chi connectivity index (χ1n) is 11.8. The second kappa shape index (κ2) is 9.25. The molecule has 0 aromatic rings. The van der Waals surface area contributed by atoms with Crippen LogP contribution in [-0.2, 0) is 9.59 Å². The number of carbonyl (C=O) groups is 2. The van der Waals surface area contributed by atoms with Crippen molar-refractivity contribution in [2.75, 3.05) is 26.2 Å². The third-order valence-corrected chi connectivity index (χ3v) is 8.32. The van der Waals surface area contributed by atoms with Gasteiger partial charge in [0.2, 0.25) is 11.8 Å². The van der Waals surface area contributed by atoms with Gasteiger partial charge in [-0.05, 0) is 68.9 Å². The summed E-state index contributed by atoms with van der Waals surface area (Å²) in [6.45, 7) is 4.49. The number of nitrogens with one attached hydrogen (secondary N) is 4. The zero-order valence-electron chi connectivity index (χ0n) is 18.1. The van der Waals surface area contributed by atoms with Gasteiger partial charge in [0.25, 0.3) is 0 Å². The highest BCUT2D eigenvalue weighted by molar-refractivity contribution is 5.80. The summed E-state index contributed by atoms with van der Waals surface area (Å²) >= 11 is 0. The maximum Gasteiger partial charge on any atom is 0.403 e. The van der Waals surface area contributed by atoms with E-state index in [-0.39, 0.29) is 42.5 Å². The first-order valence-corrected chi connectivity index (χ1v) is 11.8. The second-order valence-corrected chi connectivity index (χ2v) is 10.0. The van der Waals surface area contributed by atoms with Crippen LogP contribution in [0.4, 0.5) is 13.2 Å². The van der Waals surface area contributed by atoms with Gasteiger partial charge >= 0.3 is 6.18 Å². The molecule has 4 rings (SSSR count). The van der Waals surface area contributed by atoms with Gasteiger partial charge in [0.1, 0.15) is 6.04 Å². The van der Waals surface area contributed by atoms with Gasteiger partial charge in [0.05, 0.1) is 5.92 Å². The van der Waals surface area contributed by atoms with Crippen molar-refractivity contribution in [1.29, 1.82) is 0 Å². The number of amides is 2. The molecule has 4 N–H and O–H groups in total. The second-order valence-electron chi connectivity index (χ2n) is 10.0. The van der Waals surface area contributed by atoms with Crippen molar-refractivity contribution in [3.8, 4) is 0 Å². The van der Waals surface area contributed by atoms with Crippen molar-refractivity contribution in [3.63, 3.8) is 0 Å². The Labute approximate surface area is 181 Å². The molecule has 3 saturated heterocycles. The number of alkyl halides is 3. The van der Waals surface area contributed by atoms with Crippen molar-refractivity contribution in [2.45, 2.75) is 63.7 Å². The van der Waals surface area contributed by atoms with Crippen LogP contribution in [0.25, 0.3) is 0 Å². The van der Waals surface area contributed by atoms with Gasteiger partial charge in [-0.15, -0.1) is 0 Å². The van der Waals surface area contributed by atoms with Gasteiger partial charge in [-0.3, -0.25) is 9.59 Å². The molecule has 31 heavy (non-hydrogen) atoms. The quantitative estimate of drug-likeness (QED) is 0.535. The zero-order valence-corrected chi connectivity index (χ0v) is 18.1. The molecule has 1 saturated carbocycles. The van der Waals surface area contributed by atoms with E-state index in [0.29, 0.717) is 30.7 Å². The van der Waals surface area contributed by atoms with Crippen molar-refractivity contribution >= 4 is 11.8 Å². The van der Waals surface area contributed by atoms with E-state index < -0.39 is 18.3 Å². The van der Waals surface area contributed by atoms with E-state index >= 15 is 0 Å². The Morgan fingerprint density at radius 3 is 2.61 bits per heavy atom. The van der Waals surface area contributed by atoms with Gasteiger partial charge in [0.15, 0.2) is 0 Å². The predicted molar refractivity (Wildman–Crippen MR) is 110 cm³/mol. The van der Waals surface area contributed by atoms with E-state index in [9.17, 15) is 22.8 Å². The first kappa shape index (κ1) is 22.8. The molecular formula is C22H35F3N4O2.